The largest absolute Gasteiger partial charge is 0.347 e. The lowest BCUT2D eigenvalue weighted by atomic mass is 10.1. The number of nitrogens with one attached hydrogen (secondary N) is 1. The first-order valence-corrected chi connectivity index (χ1v) is 6.06. The standard InChI is InChI=1S/C15H16N2O/c1-2-12-6-8-13(9-7-12)11-17-15(18)14-5-3-4-10-16-14/h3-10H,2,11H2,1H3,(H,17,18). The molecule has 1 N–H and O–H groups in total. The third-order valence-electron chi connectivity index (χ3n) is 2.78. The normalized spacial score (nSPS) is 10.1. The number of hydrogen-bond donors (Lipinski definition) is 1. The Morgan fingerprint density at radius 1 is 1.11 bits per heavy atom. The van der Waals surface area contributed by atoms with Crippen molar-refractivity contribution in [2.75, 3.05) is 0 Å². The minimum absolute atomic E-state index is 0.143. The van der Waals surface area contributed by atoms with E-state index in [1.807, 2.05) is 12.1 Å². The predicted octanol–water partition coefficient (Wildman–Crippen LogP) is 2.57. The molecule has 0 bridgehead atoms. The maximum atomic E-state index is 11.8. The summed E-state index contributed by atoms with van der Waals surface area (Å²) in [4.78, 5) is 15.8. The van der Waals surface area contributed by atoms with Crippen LogP contribution < -0.4 is 5.32 Å². The number of aryl methyl sites for hydroxylation is 1. The van der Waals surface area contributed by atoms with Crippen LogP contribution in [0.2, 0.25) is 0 Å². The Morgan fingerprint density at radius 2 is 1.83 bits per heavy atom. The molecular formula is C15H16N2O. The van der Waals surface area contributed by atoms with Crippen molar-refractivity contribution in [2.45, 2.75) is 19.9 Å². The van der Waals surface area contributed by atoms with Gasteiger partial charge in [0.05, 0.1) is 0 Å². The first kappa shape index (κ1) is 12.3. The molecule has 0 aliphatic rings. The number of amides is 1. The fourth-order valence-corrected chi connectivity index (χ4v) is 1.66. The second-order valence-corrected chi connectivity index (χ2v) is 4.07. The first-order valence-electron chi connectivity index (χ1n) is 6.06. The Morgan fingerprint density at radius 3 is 2.44 bits per heavy atom. The van der Waals surface area contributed by atoms with Gasteiger partial charge in [0, 0.05) is 12.7 Å². The van der Waals surface area contributed by atoms with Crippen LogP contribution in [0.4, 0.5) is 0 Å². The van der Waals surface area contributed by atoms with E-state index in [0.717, 1.165) is 12.0 Å². The molecule has 1 aromatic carbocycles. The molecule has 0 aliphatic heterocycles. The van der Waals surface area contributed by atoms with Crippen LogP contribution in [0.3, 0.4) is 0 Å². The number of pyridine rings is 1. The molecule has 0 radical (unpaired) electrons. The van der Waals surface area contributed by atoms with Gasteiger partial charge in [-0.15, -0.1) is 0 Å². The molecule has 0 spiro atoms. The topological polar surface area (TPSA) is 42.0 Å². The van der Waals surface area contributed by atoms with Gasteiger partial charge in [-0.05, 0) is 29.7 Å². The molecule has 92 valence electrons. The van der Waals surface area contributed by atoms with E-state index >= 15 is 0 Å². The quantitative estimate of drug-likeness (QED) is 0.892. The van der Waals surface area contributed by atoms with Crippen LogP contribution in [0.25, 0.3) is 0 Å². The van der Waals surface area contributed by atoms with Gasteiger partial charge in [0.2, 0.25) is 0 Å². The van der Waals surface area contributed by atoms with E-state index in [-0.39, 0.29) is 5.91 Å². The molecule has 0 unspecified atom stereocenters. The molecule has 18 heavy (non-hydrogen) atoms. The van der Waals surface area contributed by atoms with Crippen molar-refractivity contribution in [3.63, 3.8) is 0 Å². The molecule has 0 saturated carbocycles. The minimum atomic E-state index is -0.143. The molecule has 2 rings (SSSR count). The van der Waals surface area contributed by atoms with E-state index in [2.05, 4.69) is 29.4 Å². The molecule has 0 aliphatic carbocycles. The summed E-state index contributed by atoms with van der Waals surface area (Å²) in [5.41, 5.74) is 2.84. The van der Waals surface area contributed by atoms with Crippen LogP contribution >= 0.6 is 0 Å². The van der Waals surface area contributed by atoms with Crippen molar-refractivity contribution in [2.24, 2.45) is 0 Å². The number of nitrogens with zero attached hydrogens (tertiary/aromatic N) is 1. The number of aromatic nitrogens is 1. The highest BCUT2D eigenvalue weighted by molar-refractivity contribution is 5.92. The lowest BCUT2D eigenvalue weighted by Gasteiger charge is -2.05. The van der Waals surface area contributed by atoms with Gasteiger partial charge >= 0.3 is 0 Å². The summed E-state index contributed by atoms with van der Waals surface area (Å²) in [5, 5.41) is 2.85. The fourth-order valence-electron chi connectivity index (χ4n) is 1.66. The summed E-state index contributed by atoms with van der Waals surface area (Å²) < 4.78 is 0. The minimum Gasteiger partial charge on any atom is -0.347 e. The molecule has 2 aromatic rings. The number of carbonyl (C=O) groups is 1. The van der Waals surface area contributed by atoms with Gasteiger partial charge in [0.15, 0.2) is 0 Å². The lowest BCUT2D eigenvalue weighted by Crippen LogP contribution is -2.23. The molecule has 3 nitrogen and oxygen atoms in total. The monoisotopic (exact) mass is 240 g/mol. The SMILES string of the molecule is CCc1ccc(CNC(=O)c2ccccn2)cc1. The number of benzene rings is 1. The zero-order chi connectivity index (χ0) is 12.8. The average Bonchev–Trinajstić information content (AvgIpc) is 2.46. The van der Waals surface area contributed by atoms with E-state index < -0.39 is 0 Å². The van der Waals surface area contributed by atoms with Crippen molar-refractivity contribution in [3.8, 4) is 0 Å². The first-order chi connectivity index (χ1) is 8.79. The van der Waals surface area contributed by atoms with Gasteiger partial charge in [-0.1, -0.05) is 37.3 Å². The molecular weight excluding hydrogens is 224 g/mol. The van der Waals surface area contributed by atoms with Gasteiger partial charge in [0.1, 0.15) is 5.69 Å². The molecule has 1 amide bonds. The Hall–Kier alpha value is -2.16. The van der Waals surface area contributed by atoms with Gasteiger partial charge in [-0.25, -0.2) is 0 Å². The summed E-state index contributed by atoms with van der Waals surface area (Å²) >= 11 is 0. The van der Waals surface area contributed by atoms with E-state index in [1.54, 1.807) is 24.4 Å². The molecule has 0 fully saturated rings. The summed E-state index contributed by atoms with van der Waals surface area (Å²) in [5.74, 6) is -0.143. The number of carbonyl (C=O) groups excluding carboxylic acids is 1. The second kappa shape index (κ2) is 5.96. The van der Waals surface area contributed by atoms with Crippen LogP contribution in [0.5, 0.6) is 0 Å². The summed E-state index contributed by atoms with van der Waals surface area (Å²) in [6.07, 6.45) is 2.64. The number of rotatable bonds is 4. The third-order valence-corrected chi connectivity index (χ3v) is 2.78. The highest BCUT2D eigenvalue weighted by Gasteiger charge is 2.05. The Kier molecular flexibility index (Phi) is 4.07. The Bertz CT molecular complexity index is 506. The lowest BCUT2D eigenvalue weighted by molar-refractivity contribution is 0.0946. The van der Waals surface area contributed by atoms with Crippen LogP contribution in [-0.4, -0.2) is 10.9 Å². The third kappa shape index (κ3) is 3.17. The zero-order valence-electron chi connectivity index (χ0n) is 10.4. The van der Waals surface area contributed by atoms with E-state index in [1.165, 1.54) is 5.56 Å². The molecule has 0 saturated heterocycles. The van der Waals surface area contributed by atoms with E-state index in [9.17, 15) is 4.79 Å². The highest BCUT2D eigenvalue weighted by atomic mass is 16.1. The molecule has 0 atom stereocenters. The summed E-state index contributed by atoms with van der Waals surface area (Å²) in [6.45, 7) is 2.65. The average molecular weight is 240 g/mol. The van der Waals surface area contributed by atoms with Crippen molar-refractivity contribution in [1.29, 1.82) is 0 Å². The van der Waals surface area contributed by atoms with Crippen molar-refractivity contribution in [3.05, 3.63) is 65.5 Å². The Balaban J connectivity index is 1.93. The summed E-state index contributed by atoms with van der Waals surface area (Å²) in [7, 11) is 0. The van der Waals surface area contributed by atoms with Crippen LogP contribution in [0.15, 0.2) is 48.7 Å². The van der Waals surface area contributed by atoms with Crippen LogP contribution in [-0.2, 0) is 13.0 Å². The van der Waals surface area contributed by atoms with Crippen molar-refractivity contribution < 1.29 is 4.79 Å². The second-order valence-electron chi connectivity index (χ2n) is 4.07. The van der Waals surface area contributed by atoms with Gasteiger partial charge in [0.25, 0.3) is 5.91 Å². The maximum absolute atomic E-state index is 11.8. The predicted molar refractivity (Wildman–Crippen MR) is 71.2 cm³/mol. The van der Waals surface area contributed by atoms with Gasteiger partial charge in [-0.3, -0.25) is 9.78 Å². The van der Waals surface area contributed by atoms with Gasteiger partial charge < -0.3 is 5.32 Å². The van der Waals surface area contributed by atoms with Crippen molar-refractivity contribution >= 4 is 5.91 Å². The summed E-state index contributed by atoms with van der Waals surface area (Å²) in [6, 6.07) is 13.5. The smallest absolute Gasteiger partial charge is 0.270 e. The van der Waals surface area contributed by atoms with Gasteiger partial charge in [-0.2, -0.15) is 0 Å². The van der Waals surface area contributed by atoms with Crippen LogP contribution in [0, 0.1) is 0 Å². The highest BCUT2D eigenvalue weighted by Crippen LogP contribution is 2.05. The molecule has 3 heteroatoms. The fraction of sp³-hybridized carbons (Fsp3) is 0.200. The van der Waals surface area contributed by atoms with E-state index in [0.29, 0.717) is 12.2 Å². The Labute approximate surface area is 107 Å². The van der Waals surface area contributed by atoms with Crippen molar-refractivity contribution in [1.82, 2.24) is 10.3 Å². The molecule has 1 aromatic heterocycles. The zero-order valence-corrected chi connectivity index (χ0v) is 10.4. The van der Waals surface area contributed by atoms with Crippen LogP contribution in [0.1, 0.15) is 28.5 Å². The number of hydrogen-bond acceptors (Lipinski definition) is 2. The molecule has 1 heterocycles. The maximum Gasteiger partial charge on any atom is 0.270 e. The van der Waals surface area contributed by atoms with E-state index in [4.69, 9.17) is 0 Å².